The fourth-order valence-electron chi connectivity index (χ4n) is 3.46. The van der Waals surface area contributed by atoms with Gasteiger partial charge < -0.3 is 15.1 Å². The van der Waals surface area contributed by atoms with E-state index in [4.69, 9.17) is 0 Å². The van der Waals surface area contributed by atoms with Gasteiger partial charge >= 0.3 is 0 Å². The van der Waals surface area contributed by atoms with Crippen molar-refractivity contribution in [2.75, 3.05) is 41.3 Å². The quantitative estimate of drug-likeness (QED) is 0.725. The van der Waals surface area contributed by atoms with E-state index in [1.165, 1.54) is 5.56 Å². The molecule has 148 valence electrons. The molecule has 0 spiro atoms. The Kier molecular flexibility index (Phi) is 5.70. The predicted molar refractivity (Wildman–Crippen MR) is 117 cm³/mol. The maximum absolute atomic E-state index is 12.5. The van der Waals surface area contributed by atoms with Crippen LogP contribution < -0.4 is 15.1 Å². The minimum atomic E-state index is -0.194. The normalized spacial score (nSPS) is 14.0. The highest BCUT2D eigenvalue weighted by Crippen LogP contribution is 2.19. The molecule has 6 heteroatoms. The molecule has 0 radical (unpaired) electrons. The molecule has 0 unspecified atom stereocenters. The number of carbonyl (C=O) groups excluding carboxylic acids is 1. The molecule has 0 bridgehead atoms. The van der Waals surface area contributed by atoms with E-state index in [2.05, 4.69) is 32.0 Å². The summed E-state index contributed by atoms with van der Waals surface area (Å²) >= 11 is 0. The van der Waals surface area contributed by atoms with Crippen LogP contribution in [-0.2, 0) is 6.42 Å². The zero-order valence-corrected chi connectivity index (χ0v) is 16.6. The van der Waals surface area contributed by atoms with E-state index in [0.29, 0.717) is 5.69 Å². The van der Waals surface area contributed by atoms with Gasteiger partial charge in [0.15, 0.2) is 0 Å². The number of anilines is 3. The van der Waals surface area contributed by atoms with Crippen molar-refractivity contribution < 1.29 is 4.79 Å². The van der Waals surface area contributed by atoms with E-state index in [0.717, 1.165) is 49.8 Å². The molecule has 4 rings (SSSR count). The van der Waals surface area contributed by atoms with Crippen molar-refractivity contribution in [1.29, 1.82) is 0 Å². The smallest absolute Gasteiger partial charge is 0.274 e. The van der Waals surface area contributed by atoms with Gasteiger partial charge in [-0.3, -0.25) is 4.79 Å². The minimum Gasteiger partial charge on any atom is -0.367 e. The van der Waals surface area contributed by atoms with Gasteiger partial charge in [0.05, 0.1) is 11.9 Å². The summed E-state index contributed by atoms with van der Waals surface area (Å²) in [6.07, 6.45) is 4.59. The van der Waals surface area contributed by atoms with Crippen molar-refractivity contribution >= 4 is 23.1 Å². The number of pyridine rings is 2. The number of rotatable bonds is 5. The third-order valence-electron chi connectivity index (χ3n) is 5.22. The van der Waals surface area contributed by atoms with Gasteiger partial charge in [-0.25, -0.2) is 9.97 Å². The van der Waals surface area contributed by atoms with Crippen LogP contribution in [0.4, 0.5) is 17.2 Å². The first-order chi connectivity index (χ1) is 14.2. The first-order valence-electron chi connectivity index (χ1n) is 10.00. The lowest BCUT2D eigenvalue weighted by Crippen LogP contribution is -2.46. The first kappa shape index (κ1) is 18.9. The maximum Gasteiger partial charge on any atom is 0.274 e. The molecule has 6 nitrogen and oxygen atoms in total. The Morgan fingerprint density at radius 1 is 0.931 bits per heavy atom. The first-order valence-corrected chi connectivity index (χ1v) is 10.00. The Bertz CT molecular complexity index is 933. The van der Waals surface area contributed by atoms with Crippen molar-refractivity contribution in [2.45, 2.75) is 13.3 Å². The SMILES string of the molecule is CCc1ccc(NC(=O)c2ccc(N3CCN(c4ccccn4)CC3)cn2)cc1. The van der Waals surface area contributed by atoms with Crippen LogP contribution in [-0.4, -0.2) is 42.1 Å². The van der Waals surface area contributed by atoms with Crippen molar-refractivity contribution in [2.24, 2.45) is 0 Å². The third-order valence-corrected chi connectivity index (χ3v) is 5.22. The molecule has 1 aliphatic heterocycles. The summed E-state index contributed by atoms with van der Waals surface area (Å²) in [7, 11) is 0. The Balaban J connectivity index is 1.34. The van der Waals surface area contributed by atoms with Gasteiger partial charge in [-0.05, 0) is 48.4 Å². The van der Waals surface area contributed by atoms with Gasteiger partial charge in [0.25, 0.3) is 5.91 Å². The zero-order chi connectivity index (χ0) is 20.1. The third kappa shape index (κ3) is 4.54. The second-order valence-corrected chi connectivity index (χ2v) is 7.07. The average Bonchev–Trinajstić information content (AvgIpc) is 2.80. The summed E-state index contributed by atoms with van der Waals surface area (Å²) in [6, 6.07) is 17.6. The molecule has 1 saturated heterocycles. The lowest BCUT2D eigenvalue weighted by atomic mass is 10.1. The van der Waals surface area contributed by atoms with E-state index in [9.17, 15) is 4.79 Å². The van der Waals surface area contributed by atoms with E-state index < -0.39 is 0 Å². The molecule has 3 aromatic rings. The summed E-state index contributed by atoms with van der Waals surface area (Å²) < 4.78 is 0. The van der Waals surface area contributed by atoms with Crippen molar-refractivity contribution in [3.05, 3.63) is 78.2 Å². The van der Waals surface area contributed by atoms with Crippen LogP contribution in [0.25, 0.3) is 0 Å². The highest BCUT2D eigenvalue weighted by Gasteiger charge is 2.18. The number of carbonyl (C=O) groups is 1. The van der Waals surface area contributed by atoms with Crippen LogP contribution in [0.15, 0.2) is 67.0 Å². The van der Waals surface area contributed by atoms with Crippen LogP contribution in [0.1, 0.15) is 23.0 Å². The number of aromatic nitrogens is 2. The Labute approximate surface area is 171 Å². The summed E-state index contributed by atoms with van der Waals surface area (Å²) in [6.45, 7) is 5.72. The molecule has 2 aromatic heterocycles. The van der Waals surface area contributed by atoms with Gasteiger partial charge in [-0.1, -0.05) is 25.1 Å². The lowest BCUT2D eigenvalue weighted by molar-refractivity contribution is 0.102. The van der Waals surface area contributed by atoms with E-state index >= 15 is 0 Å². The summed E-state index contributed by atoms with van der Waals surface area (Å²) in [5, 5.41) is 2.90. The largest absolute Gasteiger partial charge is 0.367 e. The highest BCUT2D eigenvalue weighted by molar-refractivity contribution is 6.02. The van der Waals surface area contributed by atoms with Crippen LogP contribution in [0.2, 0.25) is 0 Å². The van der Waals surface area contributed by atoms with Crippen LogP contribution in [0, 0.1) is 0 Å². The molecule has 29 heavy (non-hydrogen) atoms. The van der Waals surface area contributed by atoms with Crippen LogP contribution in [0.5, 0.6) is 0 Å². The topological polar surface area (TPSA) is 61.4 Å². The fourth-order valence-corrected chi connectivity index (χ4v) is 3.46. The van der Waals surface area contributed by atoms with Gasteiger partial charge in [-0.15, -0.1) is 0 Å². The van der Waals surface area contributed by atoms with Crippen molar-refractivity contribution in [3.8, 4) is 0 Å². The van der Waals surface area contributed by atoms with Crippen LogP contribution in [0.3, 0.4) is 0 Å². The summed E-state index contributed by atoms with van der Waals surface area (Å²) in [4.78, 5) is 25.8. The van der Waals surface area contributed by atoms with Gasteiger partial charge in [0.2, 0.25) is 0 Å². The van der Waals surface area contributed by atoms with Gasteiger partial charge in [-0.2, -0.15) is 0 Å². The highest BCUT2D eigenvalue weighted by atomic mass is 16.1. The predicted octanol–water partition coefficient (Wildman–Crippen LogP) is 3.62. The number of aryl methyl sites for hydroxylation is 1. The molecule has 1 aromatic carbocycles. The number of nitrogens with one attached hydrogen (secondary N) is 1. The summed E-state index contributed by atoms with van der Waals surface area (Å²) in [5.74, 6) is 0.824. The second kappa shape index (κ2) is 8.73. The van der Waals surface area contributed by atoms with Crippen LogP contribution >= 0.6 is 0 Å². The zero-order valence-electron chi connectivity index (χ0n) is 16.6. The minimum absolute atomic E-state index is 0.194. The number of nitrogens with zero attached hydrogens (tertiary/aromatic N) is 4. The number of piperazine rings is 1. The van der Waals surface area contributed by atoms with E-state index in [1.807, 2.05) is 54.7 Å². The molecule has 0 saturated carbocycles. The number of hydrogen-bond donors (Lipinski definition) is 1. The lowest BCUT2D eigenvalue weighted by Gasteiger charge is -2.36. The monoisotopic (exact) mass is 387 g/mol. The molecule has 3 heterocycles. The molecule has 1 N–H and O–H groups in total. The van der Waals surface area contributed by atoms with Gasteiger partial charge in [0, 0.05) is 38.1 Å². The molecule has 1 aliphatic rings. The van der Waals surface area contributed by atoms with E-state index in [-0.39, 0.29) is 5.91 Å². The Morgan fingerprint density at radius 3 is 2.31 bits per heavy atom. The maximum atomic E-state index is 12.5. The average molecular weight is 387 g/mol. The second-order valence-electron chi connectivity index (χ2n) is 7.07. The Hall–Kier alpha value is -3.41. The Morgan fingerprint density at radius 2 is 1.69 bits per heavy atom. The number of benzene rings is 1. The molecule has 1 amide bonds. The molecule has 1 fully saturated rings. The number of hydrogen-bond acceptors (Lipinski definition) is 5. The summed E-state index contributed by atoms with van der Waals surface area (Å²) in [5.41, 5.74) is 3.48. The van der Waals surface area contributed by atoms with Crippen molar-refractivity contribution in [3.63, 3.8) is 0 Å². The van der Waals surface area contributed by atoms with E-state index in [1.54, 1.807) is 12.3 Å². The fraction of sp³-hybridized carbons (Fsp3) is 0.261. The van der Waals surface area contributed by atoms with Crippen molar-refractivity contribution in [1.82, 2.24) is 9.97 Å². The molecular weight excluding hydrogens is 362 g/mol. The number of amides is 1. The molecular formula is C23H25N5O. The standard InChI is InChI=1S/C23H25N5O/c1-2-18-6-8-19(9-7-18)26-23(29)21-11-10-20(17-25-21)27-13-15-28(16-14-27)22-5-3-4-12-24-22/h3-12,17H,2,13-16H2,1H3,(H,26,29). The molecule has 0 aliphatic carbocycles. The molecule has 0 atom stereocenters. The van der Waals surface area contributed by atoms with Gasteiger partial charge in [0.1, 0.15) is 11.5 Å².